The second-order valence-electron chi connectivity index (χ2n) is 3.95. The van der Waals surface area contributed by atoms with Gasteiger partial charge in [0.05, 0.1) is 5.69 Å². The summed E-state index contributed by atoms with van der Waals surface area (Å²) in [7, 11) is 0. The van der Waals surface area contributed by atoms with Gasteiger partial charge in [-0.05, 0) is 13.3 Å². The van der Waals surface area contributed by atoms with Crippen LogP contribution >= 0.6 is 11.6 Å². The van der Waals surface area contributed by atoms with Crippen LogP contribution in [0.3, 0.4) is 0 Å². The first-order valence-electron chi connectivity index (χ1n) is 4.97. The second kappa shape index (κ2) is 4.08. The Morgan fingerprint density at radius 3 is 2.75 bits per heavy atom. The lowest BCUT2D eigenvalue weighted by Crippen LogP contribution is -2.21. The van der Waals surface area contributed by atoms with E-state index in [9.17, 15) is 8.78 Å². The molecule has 1 aromatic rings. The number of hydrogen-bond acceptors (Lipinski definition) is 4. The summed E-state index contributed by atoms with van der Waals surface area (Å²) < 4.78 is 25.8. The molecule has 0 spiro atoms. The summed E-state index contributed by atoms with van der Waals surface area (Å²) >= 11 is 5.66. The summed E-state index contributed by atoms with van der Waals surface area (Å²) in [5.74, 6) is -2.32. The van der Waals surface area contributed by atoms with Gasteiger partial charge in [0, 0.05) is 18.9 Å². The molecule has 4 nitrogen and oxygen atoms in total. The van der Waals surface area contributed by atoms with Crippen LogP contribution in [-0.2, 0) is 0 Å². The number of hydrogen-bond donors (Lipinski definition) is 1. The fourth-order valence-corrected chi connectivity index (χ4v) is 1.79. The van der Waals surface area contributed by atoms with Crippen molar-refractivity contribution in [3.8, 4) is 0 Å². The molecule has 0 bridgehead atoms. The molecule has 0 amide bonds. The van der Waals surface area contributed by atoms with Crippen molar-refractivity contribution in [1.29, 1.82) is 0 Å². The molecule has 0 aliphatic heterocycles. The smallest absolute Gasteiger partial charge is 0.250 e. The fourth-order valence-electron chi connectivity index (χ4n) is 1.71. The van der Waals surface area contributed by atoms with Crippen LogP contribution in [0, 0.1) is 6.92 Å². The highest BCUT2D eigenvalue weighted by atomic mass is 35.5. The number of aromatic nitrogens is 3. The minimum atomic E-state index is -2.58. The monoisotopic (exact) mass is 248 g/mol. The molecule has 88 valence electrons. The predicted octanol–water partition coefficient (Wildman–Crippen LogP) is 2.43. The third kappa shape index (κ3) is 2.55. The van der Waals surface area contributed by atoms with Gasteiger partial charge in [-0.25, -0.2) is 13.8 Å². The van der Waals surface area contributed by atoms with E-state index in [1.165, 1.54) is 0 Å². The molecule has 0 aromatic carbocycles. The van der Waals surface area contributed by atoms with E-state index in [2.05, 4.69) is 20.5 Å². The van der Waals surface area contributed by atoms with Crippen molar-refractivity contribution in [1.82, 2.24) is 15.2 Å². The largest absolute Gasteiger partial charge is 0.350 e. The first kappa shape index (κ1) is 11.4. The van der Waals surface area contributed by atoms with Gasteiger partial charge in [-0.15, -0.1) is 10.2 Å². The number of nitrogens with zero attached hydrogens (tertiary/aromatic N) is 3. The molecule has 0 unspecified atom stereocenters. The van der Waals surface area contributed by atoms with E-state index >= 15 is 0 Å². The summed E-state index contributed by atoms with van der Waals surface area (Å²) in [5.41, 5.74) is 0.531. The van der Waals surface area contributed by atoms with Crippen molar-refractivity contribution in [2.24, 2.45) is 0 Å². The average Bonchev–Trinajstić information content (AvgIpc) is 2.52. The van der Waals surface area contributed by atoms with Crippen LogP contribution < -0.4 is 5.32 Å². The van der Waals surface area contributed by atoms with Crippen LogP contribution in [0.25, 0.3) is 0 Å². The van der Waals surface area contributed by atoms with E-state index in [0.29, 0.717) is 12.1 Å². The van der Waals surface area contributed by atoms with Crippen LogP contribution in [0.1, 0.15) is 25.0 Å². The van der Waals surface area contributed by atoms with Crippen LogP contribution in [-0.4, -0.2) is 27.1 Å². The van der Waals surface area contributed by atoms with Gasteiger partial charge in [0.1, 0.15) is 0 Å². The topological polar surface area (TPSA) is 50.7 Å². The van der Waals surface area contributed by atoms with Gasteiger partial charge in [0.2, 0.25) is 11.9 Å². The third-order valence-electron chi connectivity index (χ3n) is 2.54. The first-order chi connectivity index (χ1) is 7.46. The predicted molar refractivity (Wildman–Crippen MR) is 55.8 cm³/mol. The van der Waals surface area contributed by atoms with Crippen molar-refractivity contribution < 1.29 is 8.78 Å². The highest BCUT2D eigenvalue weighted by molar-refractivity contribution is 6.29. The molecule has 1 aliphatic carbocycles. The van der Waals surface area contributed by atoms with E-state index in [1.807, 2.05) is 0 Å². The average molecular weight is 249 g/mol. The Morgan fingerprint density at radius 1 is 1.44 bits per heavy atom. The van der Waals surface area contributed by atoms with E-state index in [4.69, 9.17) is 11.6 Å². The maximum absolute atomic E-state index is 12.9. The first-order valence-corrected chi connectivity index (χ1v) is 5.35. The standard InChI is InChI=1S/C9H11ClF2N4/c1-5-7(10)15-16-8(13-5)14-6-2-3-9(11,12)4-6/h6H,2-4H2,1H3,(H,13,14,16)/t6-/m0/s1. The summed E-state index contributed by atoms with van der Waals surface area (Å²) in [5, 5.41) is 10.4. The number of rotatable bonds is 2. The van der Waals surface area contributed by atoms with E-state index in [-0.39, 0.29) is 30.0 Å². The minimum absolute atomic E-state index is 0.0926. The van der Waals surface area contributed by atoms with Gasteiger partial charge >= 0.3 is 0 Å². The van der Waals surface area contributed by atoms with Crippen molar-refractivity contribution in [2.45, 2.75) is 38.2 Å². The zero-order valence-electron chi connectivity index (χ0n) is 8.67. The summed E-state index contributed by atoms with van der Waals surface area (Å²) in [6, 6.07) is -0.294. The van der Waals surface area contributed by atoms with Crippen LogP contribution in [0.4, 0.5) is 14.7 Å². The van der Waals surface area contributed by atoms with Crippen molar-refractivity contribution in [3.63, 3.8) is 0 Å². The summed E-state index contributed by atoms with van der Waals surface area (Å²) in [6.45, 7) is 1.69. The molecule has 1 N–H and O–H groups in total. The van der Waals surface area contributed by atoms with Gasteiger partial charge in [0.25, 0.3) is 0 Å². The zero-order valence-corrected chi connectivity index (χ0v) is 9.43. The lowest BCUT2D eigenvalue weighted by atomic mass is 10.2. The summed E-state index contributed by atoms with van der Waals surface area (Å²) in [6.07, 6.45) is 0.140. The Balaban J connectivity index is 2.02. The quantitative estimate of drug-likeness (QED) is 0.873. The Morgan fingerprint density at radius 2 is 2.19 bits per heavy atom. The molecule has 2 rings (SSSR count). The summed E-state index contributed by atoms with van der Waals surface area (Å²) in [4.78, 5) is 4.02. The number of halogens is 3. The number of aryl methyl sites for hydroxylation is 1. The molecule has 7 heteroatoms. The molecule has 1 aliphatic rings. The fraction of sp³-hybridized carbons (Fsp3) is 0.667. The van der Waals surface area contributed by atoms with E-state index in [1.54, 1.807) is 6.92 Å². The SMILES string of the molecule is Cc1nc(N[C@H]2CCC(F)(F)C2)nnc1Cl. The van der Waals surface area contributed by atoms with Crippen LogP contribution in [0.15, 0.2) is 0 Å². The highest BCUT2D eigenvalue weighted by Crippen LogP contribution is 2.35. The molecule has 16 heavy (non-hydrogen) atoms. The highest BCUT2D eigenvalue weighted by Gasteiger charge is 2.39. The van der Waals surface area contributed by atoms with Crippen LogP contribution in [0.5, 0.6) is 0 Å². The van der Waals surface area contributed by atoms with Crippen molar-refractivity contribution in [2.75, 3.05) is 5.32 Å². The van der Waals surface area contributed by atoms with E-state index in [0.717, 1.165) is 0 Å². The lowest BCUT2D eigenvalue weighted by Gasteiger charge is -2.12. The zero-order chi connectivity index (χ0) is 11.8. The Labute approximate surface area is 96.4 Å². The molecule has 1 saturated carbocycles. The molecule has 1 aromatic heterocycles. The Bertz CT molecular complexity index is 399. The minimum Gasteiger partial charge on any atom is -0.350 e. The normalized spacial score (nSPS) is 23.4. The van der Waals surface area contributed by atoms with Crippen molar-refractivity contribution in [3.05, 3.63) is 10.8 Å². The van der Waals surface area contributed by atoms with Gasteiger partial charge < -0.3 is 5.32 Å². The van der Waals surface area contributed by atoms with Crippen LogP contribution in [0.2, 0.25) is 5.15 Å². The van der Waals surface area contributed by atoms with E-state index < -0.39 is 5.92 Å². The Kier molecular flexibility index (Phi) is 2.92. The third-order valence-corrected chi connectivity index (χ3v) is 2.89. The molecular weight excluding hydrogens is 238 g/mol. The van der Waals surface area contributed by atoms with Gasteiger partial charge in [-0.1, -0.05) is 11.6 Å². The molecule has 0 radical (unpaired) electrons. The van der Waals surface area contributed by atoms with Crippen molar-refractivity contribution >= 4 is 17.5 Å². The molecule has 0 saturated heterocycles. The maximum atomic E-state index is 12.9. The molecular formula is C9H11ClF2N4. The second-order valence-corrected chi connectivity index (χ2v) is 4.31. The number of nitrogens with one attached hydrogen (secondary N) is 1. The Hall–Kier alpha value is -1.04. The number of alkyl halides is 2. The number of anilines is 1. The van der Waals surface area contributed by atoms with Gasteiger partial charge in [-0.2, -0.15) is 0 Å². The maximum Gasteiger partial charge on any atom is 0.250 e. The van der Waals surface area contributed by atoms with Gasteiger partial charge in [-0.3, -0.25) is 0 Å². The molecule has 1 fully saturated rings. The lowest BCUT2D eigenvalue weighted by molar-refractivity contribution is 0.00851. The van der Waals surface area contributed by atoms with Gasteiger partial charge in [0.15, 0.2) is 5.15 Å². The molecule has 1 heterocycles. The molecule has 1 atom stereocenters.